The molecule has 0 spiro atoms. The van der Waals surface area contributed by atoms with Crippen molar-refractivity contribution >= 4 is 0 Å². The van der Waals surface area contributed by atoms with E-state index in [2.05, 4.69) is 39.9 Å². The van der Waals surface area contributed by atoms with E-state index in [1.165, 1.54) is 32.2 Å². The normalized spacial score (nSPS) is 14.4. The summed E-state index contributed by atoms with van der Waals surface area (Å²) in [5, 5.41) is 3.59. The van der Waals surface area contributed by atoms with Crippen LogP contribution < -0.4 is 5.32 Å². The van der Waals surface area contributed by atoms with Crippen LogP contribution in [0.2, 0.25) is 0 Å². The largest absolute Gasteiger partial charge is 0.316 e. The average Bonchev–Trinajstić information content (AvgIpc) is 2.24. The lowest BCUT2D eigenvalue weighted by atomic mass is 9.71. The van der Waals surface area contributed by atoms with Crippen LogP contribution in [-0.2, 0) is 0 Å². The predicted molar refractivity (Wildman–Crippen MR) is 65.6 cm³/mol. The molecule has 0 bridgehead atoms. The van der Waals surface area contributed by atoms with Crippen molar-refractivity contribution in [3.8, 4) is 0 Å². The summed E-state index contributed by atoms with van der Waals surface area (Å²) < 4.78 is 0. The maximum atomic E-state index is 3.59. The van der Waals surface area contributed by atoms with Gasteiger partial charge < -0.3 is 5.32 Å². The summed E-state index contributed by atoms with van der Waals surface area (Å²) in [6.45, 7) is 14.0. The Balaban J connectivity index is 4.21. The van der Waals surface area contributed by atoms with E-state index in [1.807, 2.05) is 0 Å². The van der Waals surface area contributed by atoms with Crippen molar-refractivity contribution in [2.45, 2.75) is 60.3 Å². The Morgan fingerprint density at radius 3 is 2.00 bits per heavy atom. The molecule has 0 radical (unpaired) electrons. The second kappa shape index (κ2) is 7.28. The van der Waals surface area contributed by atoms with E-state index in [9.17, 15) is 0 Å². The molecule has 1 atom stereocenters. The smallest absolute Gasteiger partial charge is 0.00102 e. The van der Waals surface area contributed by atoms with E-state index in [0.29, 0.717) is 5.41 Å². The summed E-state index contributed by atoms with van der Waals surface area (Å²) in [6.07, 6.45) is 5.14. The van der Waals surface area contributed by atoms with E-state index in [0.717, 1.165) is 12.5 Å². The lowest BCUT2D eigenvalue weighted by Gasteiger charge is -2.38. The monoisotopic (exact) mass is 199 g/mol. The highest BCUT2D eigenvalue weighted by molar-refractivity contribution is 4.83. The molecule has 0 aromatic carbocycles. The van der Waals surface area contributed by atoms with Gasteiger partial charge in [-0.1, -0.05) is 41.0 Å². The molecule has 0 heterocycles. The fourth-order valence-electron chi connectivity index (χ4n) is 2.32. The maximum absolute atomic E-state index is 3.59. The quantitative estimate of drug-likeness (QED) is 0.586. The molecule has 0 aliphatic heterocycles. The fourth-order valence-corrected chi connectivity index (χ4v) is 2.32. The van der Waals surface area contributed by atoms with E-state index < -0.39 is 0 Å². The molecule has 0 aliphatic carbocycles. The molecule has 1 unspecified atom stereocenters. The molecule has 1 N–H and O–H groups in total. The minimum absolute atomic E-state index is 0.532. The third-order valence-electron chi connectivity index (χ3n) is 3.97. The predicted octanol–water partition coefficient (Wildman–Crippen LogP) is 3.84. The first-order chi connectivity index (χ1) is 6.66. The minimum atomic E-state index is 0.532. The second-order valence-corrected chi connectivity index (χ2v) is 4.56. The van der Waals surface area contributed by atoms with Crippen LogP contribution in [0, 0.1) is 11.3 Å². The van der Waals surface area contributed by atoms with Crippen LogP contribution in [0.25, 0.3) is 0 Å². The van der Waals surface area contributed by atoms with Gasteiger partial charge in [-0.2, -0.15) is 0 Å². The zero-order valence-electron chi connectivity index (χ0n) is 10.8. The van der Waals surface area contributed by atoms with E-state index in [-0.39, 0.29) is 0 Å². The fraction of sp³-hybridized carbons (Fsp3) is 1.00. The summed E-state index contributed by atoms with van der Waals surface area (Å²) in [7, 11) is 0. The maximum Gasteiger partial charge on any atom is 0.00102 e. The van der Waals surface area contributed by atoms with Crippen LogP contribution in [0.15, 0.2) is 0 Å². The molecule has 86 valence electrons. The Labute approximate surface area is 90.7 Å². The van der Waals surface area contributed by atoms with Crippen LogP contribution >= 0.6 is 0 Å². The Morgan fingerprint density at radius 1 is 1.07 bits per heavy atom. The van der Waals surface area contributed by atoms with Gasteiger partial charge in [-0.15, -0.1) is 0 Å². The SMILES string of the molecule is CCCNCC(CC)(CC)C(C)CC. The molecule has 0 aliphatic rings. The van der Waals surface area contributed by atoms with Crippen molar-refractivity contribution in [1.29, 1.82) is 0 Å². The molecular weight excluding hydrogens is 170 g/mol. The standard InChI is InChI=1S/C13H29N/c1-6-10-14-11-13(8-3,9-4)12(5)7-2/h12,14H,6-11H2,1-5H3. The summed E-state index contributed by atoms with van der Waals surface area (Å²) in [5.41, 5.74) is 0.532. The van der Waals surface area contributed by atoms with Crippen LogP contribution in [-0.4, -0.2) is 13.1 Å². The molecule has 0 amide bonds. The molecule has 1 heteroatoms. The van der Waals surface area contributed by atoms with E-state index in [4.69, 9.17) is 0 Å². The van der Waals surface area contributed by atoms with Gasteiger partial charge in [0, 0.05) is 6.54 Å². The van der Waals surface area contributed by atoms with Crippen molar-refractivity contribution in [3.05, 3.63) is 0 Å². The van der Waals surface area contributed by atoms with Crippen LogP contribution in [0.5, 0.6) is 0 Å². The van der Waals surface area contributed by atoms with Crippen LogP contribution in [0.3, 0.4) is 0 Å². The van der Waals surface area contributed by atoms with Gasteiger partial charge in [-0.05, 0) is 37.1 Å². The zero-order valence-corrected chi connectivity index (χ0v) is 10.8. The van der Waals surface area contributed by atoms with E-state index >= 15 is 0 Å². The summed E-state index contributed by atoms with van der Waals surface area (Å²) in [6, 6.07) is 0. The Hall–Kier alpha value is -0.0400. The lowest BCUT2D eigenvalue weighted by Crippen LogP contribution is -2.38. The number of nitrogens with one attached hydrogen (secondary N) is 1. The highest BCUT2D eigenvalue weighted by Crippen LogP contribution is 2.36. The summed E-state index contributed by atoms with van der Waals surface area (Å²) >= 11 is 0. The van der Waals surface area contributed by atoms with Gasteiger partial charge in [0.15, 0.2) is 0 Å². The molecule has 1 nitrogen and oxygen atoms in total. The topological polar surface area (TPSA) is 12.0 Å². The van der Waals surface area contributed by atoms with Gasteiger partial charge in [-0.25, -0.2) is 0 Å². The third kappa shape index (κ3) is 3.61. The molecular formula is C13H29N. The molecule has 0 saturated heterocycles. The molecule has 0 aromatic heterocycles. The van der Waals surface area contributed by atoms with Gasteiger partial charge in [0.2, 0.25) is 0 Å². The Morgan fingerprint density at radius 2 is 1.64 bits per heavy atom. The first-order valence-corrected chi connectivity index (χ1v) is 6.37. The number of hydrogen-bond acceptors (Lipinski definition) is 1. The highest BCUT2D eigenvalue weighted by Gasteiger charge is 2.30. The molecule has 0 saturated carbocycles. The second-order valence-electron chi connectivity index (χ2n) is 4.56. The van der Waals surface area contributed by atoms with E-state index in [1.54, 1.807) is 0 Å². The summed E-state index contributed by atoms with van der Waals surface area (Å²) in [5.74, 6) is 0.835. The minimum Gasteiger partial charge on any atom is -0.316 e. The van der Waals surface area contributed by atoms with Gasteiger partial charge in [0.05, 0.1) is 0 Å². The van der Waals surface area contributed by atoms with Crippen LogP contribution in [0.4, 0.5) is 0 Å². The van der Waals surface area contributed by atoms with Gasteiger partial charge in [0.25, 0.3) is 0 Å². The van der Waals surface area contributed by atoms with Gasteiger partial charge in [0.1, 0.15) is 0 Å². The summed E-state index contributed by atoms with van der Waals surface area (Å²) in [4.78, 5) is 0. The van der Waals surface area contributed by atoms with Crippen molar-refractivity contribution in [2.24, 2.45) is 11.3 Å². The molecule has 0 fully saturated rings. The van der Waals surface area contributed by atoms with Crippen molar-refractivity contribution in [3.63, 3.8) is 0 Å². The van der Waals surface area contributed by atoms with Crippen LogP contribution in [0.1, 0.15) is 60.3 Å². The molecule has 0 rings (SSSR count). The Kier molecular flexibility index (Phi) is 7.26. The number of hydrogen-bond donors (Lipinski definition) is 1. The van der Waals surface area contributed by atoms with Crippen molar-refractivity contribution in [1.82, 2.24) is 5.32 Å². The van der Waals surface area contributed by atoms with Gasteiger partial charge >= 0.3 is 0 Å². The molecule has 0 aromatic rings. The van der Waals surface area contributed by atoms with Gasteiger partial charge in [-0.3, -0.25) is 0 Å². The average molecular weight is 199 g/mol. The zero-order chi connectivity index (χ0) is 11.0. The number of rotatable bonds is 8. The first-order valence-electron chi connectivity index (χ1n) is 6.37. The Bertz CT molecular complexity index is 127. The highest BCUT2D eigenvalue weighted by atomic mass is 14.9. The lowest BCUT2D eigenvalue weighted by molar-refractivity contribution is 0.147. The molecule has 14 heavy (non-hydrogen) atoms. The third-order valence-corrected chi connectivity index (χ3v) is 3.97. The van der Waals surface area contributed by atoms with Crippen molar-refractivity contribution in [2.75, 3.05) is 13.1 Å². The first kappa shape index (κ1) is 14.0. The van der Waals surface area contributed by atoms with Crippen molar-refractivity contribution < 1.29 is 0 Å².